The van der Waals surface area contributed by atoms with Crippen LogP contribution < -0.4 is 0 Å². The molecule has 0 aliphatic rings. The maximum atomic E-state index is 13.3. The molecule has 0 spiro atoms. The molecule has 0 amide bonds. The molecule has 110 valence electrons. The fourth-order valence-electron chi connectivity index (χ4n) is 1.92. The fourth-order valence-corrected chi connectivity index (χ4v) is 1.92. The lowest BCUT2D eigenvalue weighted by Gasteiger charge is -2.30. The predicted octanol–water partition coefficient (Wildman–Crippen LogP) is 3.01. The van der Waals surface area contributed by atoms with E-state index in [2.05, 4.69) is 0 Å². The van der Waals surface area contributed by atoms with Gasteiger partial charge in [0.15, 0.2) is 11.6 Å². The molecule has 0 saturated heterocycles. The lowest BCUT2D eigenvalue weighted by atomic mass is 9.79. The summed E-state index contributed by atoms with van der Waals surface area (Å²) >= 11 is 0. The molecule has 0 bridgehead atoms. The number of hydrogen-bond donors (Lipinski definition) is 3. The highest BCUT2D eigenvalue weighted by molar-refractivity contribution is 5.79. The summed E-state index contributed by atoms with van der Waals surface area (Å²) in [7, 11) is 0. The third-order valence-corrected chi connectivity index (χ3v) is 3.24. The maximum Gasteiger partial charge on any atom is 0.327 e. The molecule has 0 heterocycles. The first-order valence-corrected chi connectivity index (χ1v) is 6.30. The Morgan fingerprint density at radius 2 is 2.10 bits per heavy atom. The average Bonchev–Trinajstić information content (AvgIpc) is 2.37. The van der Waals surface area contributed by atoms with Crippen LogP contribution >= 0.6 is 0 Å². The number of phenols is 1. The summed E-state index contributed by atoms with van der Waals surface area (Å²) in [6.45, 7) is 3.63. The molecule has 0 saturated carbocycles. The van der Waals surface area contributed by atoms with Crippen molar-refractivity contribution in [2.45, 2.75) is 32.8 Å². The van der Waals surface area contributed by atoms with E-state index in [-0.39, 0.29) is 0 Å². The zero-order chi connectivity index (χ0) is 15.3. The largest absolute Gasteiger partial charge is 0.505 e. The van der Waals surface area contributed by atoms with Crippen molar-refractivity contribution in [2.24, 2.45) is 5.41 Å². The Bertz CT molecular complexity index is 509. The van der Waals surface area contributed by atoms with Crippen LogP contribution in [0.1, 0.15) is 38.4 Å². The first-order valence-electron chi connectivity index (χ1n) is 6.30. The highest BCUT2D eigenvalue weighted by Crippen LogP contribution is 2.38. The molecule has 5 heteroatoms. The van der Waals surface area contributed by atoms with E-state index in [0.717, 1.165) is 12.1 Å². The van der Waals surface area contributed by atoms with E-state index >= 15 is 0 Å². The molecule has 0 unspecified atom stereocenters. The molecule has 1 atom stereocenters. The van der Waals surface area contributed by atoms with Gasteiger partial charge in [0.25, 0.3) is 0 Å². The molecule has 0 fully saturated rings. The number of benzene rings is 1. The summed E-state index contributed by atoms with van der Waals surface area (Å²) < 4.78 is 13.3. The number of hydrogen-bond acceptors (Lipinski definition) is 3. The number of aliphatic hydroxyl groups is 1. The minimum atomic E-state index is -1.01. The Hall–Kier alpha value is -1.88. The molecule has 0 aliphatic heterocycles. The Morgan fingerprint density at radius 3 is 2.65 bits per heavy atom. The van der Waals surface area contributed by atoms with Crippen LogP contribution in [0.25, 0.3) is 0 Å². The highest BCUT2D eigenvalue weighted by atomic mass is 19.1. The smallest absolute Gasteiger partial charge is 0.327 e. The van der Waals surface area contributed by atoms with E-state index in [1.165, 1.54) is 18.2 Å². The summed E-state index contributed by atoms with van der Waals surface area (Å²) in [6, 6.07) is 3.78. The van der Waals surface area contributed by atoms with Gasteiger partial charge in [-0.05, 0) is 36.0 Å². The van der Waals surface area contributed by atoms with Crippen molar-refractivity contribution >= 4 is 5.97 Å². The Kier molecular flexibility index (Phi) is 5.27. The van der Waals surface area contributed by atoms with Gasteiger partial charge in [0.05, 0.1) is 6.10 Å². The van der Waals surface area contributed by atoms with Gasteiger partial charge in [0.2, 0.25) is 0 Å². The second kappa shape index (κ2) is 6.52. The first kappa shape index (κ1) is 16.2. The predicted molar refractivity (Wildman–Crippen MR) is 72.8 cm³/mol. The van der Waals surface area contributed by atoms with Gasteiger partial charge in [-0.1, -0.05) is 26.0 Å². The molecule has 1 aromatic carbocycles. The van der Waals surface area contributed by atoms with Crippen LogP contribution in [0.15, 0.2) is 30.4 Å². The van der Waals surface area contributed by atoms with Crippen molar-refractivity contribution in [3.8, 4) is 5.75 Å². The van der Waals surface area contributed by atoms with E-state index in [1.54, 1.807) is 0 Å². The van der Waals surface area contributed by atoms with Crippen LogP contribution in [0.5, 0.6) is 5.75 Å². The molecule has 3 N–H and O–H groups in total. The van der Waals surface area contributed by atoms with Crippen molar-refractivity contribution in [1.82, 2.24) is 0 Å². The van der Waals surface area contributed by atoms with Crippen molar-refractivity contribution in [3.05, 3.63) is 41.7 Å². The number of carbonyl (C=O) groups is 1. The van der Waals surface area contributed by atoms with E-state index in [4.69, 9.17) is 10.2 Å². The lowest BCUT2D eigenvalue weighted by Crippen LogP contribution is -2.22. The lowest BCUT2D eigenvalue weighted by molar-refractivity contribution is -0.131. The second-order valence-corrected chi connectivity index (χ2v) is 5.38. The van der Waals surface area contributed by atoms with Crippen LogP contribution in [0.2, 0.25) is 0 Å². The summed E-state index contributed by atoms with van der Waals surface area (Å²) in [6.07, 6.45) is 2.71. The fraction of sp³-hybridized carbons (Fsp3) is 0.400. The van der Waals surface area contributed by atoms with Crippen molar-refractivity contribution in [3.63, 3.8) is 0 Å². The van der Waals surface area contributed by atoms with Gasteiger partial charge in [0.1, 0.15) is 0 Å². The summed E-state index contributed by atoms with van der Waals surface area (Å²) in [5, 5.41) is 27.9. The quantitative estimate of drug-likeness (QED) is 0.701. The Labute approximate surface area is 117 Å². The molecule has 1 rings (SSSR count). The zero-order valence-electron chi connectivity index (χ0n) is 11.5. The SMILES string of the molecule is CC(C)(CC/C=C/C(=O)O)[C@@H](O)c1ccc(O)c(F)c1. The normalized spacial score (nSPS) is 13.6. The van der Waals surface area contributed by atoms with Gasteiger partial charge in [0, 0.05) is 6.08 Å². The second-order valence-electron chi connectivity index (χ2n) is 5.38. The standard InChI is InChI=1S/C15H19FO4/c1-15(2,8-4-3-5-13(18)19)14(20)10-6-7-12(17)11(16)9-10/h3,5-7,9,14,17,20H,4,8H2,1-2H3,(H,18,19)/b5-3+/t14-/m0/s1. The highest BCUT2D eigenvalue weighted by Gasteiger charge is 2.28. The third kappa shape index (κ3) is 4.35. The number of aromatic hydroxyl groups is 1. The molecule has 4 nitrogen and oxygen atoms in total. The average molecular weight is 282 g/mol. The number of carboxylic acids is 1. The van der Waals surface area contributed by atoms with Crippen LogP contribution in [0.3, 0.4) is 0 Å². The molecule has 0 radical (unpaired) electrons. The first-order chi connectivity index (χ1) is 9.24. The van der Waals surface area contributed by atoms with E-state index in [1.807, 2.05) is 13.8 Å². The number of carboxylic acid groups (broad SMARTS) is 1. The number of aliphatic hydroxyl groups excluding tert-OH is 1. The van der Waals surface area contributed by atoms with Gasteiger partial charge in [-0.25, -0.2) is 9.18 Å². The summed E-state index contributed by atoms with van der Waals surface area (Å²) in [4.78, 5) is 10.3. The van der Waals surface area contributed by atoms with E-state index in [0.29, 0.717) is 18.4 Å². The van der Waals surface area contributed by atoms with E-state index in [9.17, 15) is 14.3 Å². The van der Waals surface area contributed by atoms with Gasteiger partial charge in [-0.2, -0.15) is 0 Å². The van der Waals surface area contributed by atoms with Crippen LogP contribution in [-0.4, -0.2) is 21.3 Å². The van der Waals surface area contributed by atoms with Crippen molar-refractivity contribution in [2.75, 3.05) is 0 Å². The van der Waals surface area contributed by atoms with E-state index < -0.39 is 29.1 Å². The topological polar surface area (TPSA) is 77.8 Å². The summed E-state index contributed by atoms with van der Waals surface area (Å²) in [5.74, 6) is -2.24. The Balaban J connectivity index is 2.74. The number of aliphatic carboxylic acids is 1. The van der Waals surface area contributed by atoms with Crippen LogP contribution in [-0.2, 0) is 4.79 Å². The van der Waals surface area contributed by atoms with Crippen LogP contribution in [0.4, 0.5) is 4.39 Å². The minimum Gasteiger partial charge on any atom is -0.505 e. The minimum absolute atomic E-state index is 0.382. The van der Waals surface area contributed by atoms with Gasteiger partial charge < -0.3 is 15.3 Å². The summed E-state index contributed by atoms with van der Waals surface area (Å²) in [5.41, 5.74) is -0.167. The van der Waals surface area contributed by atoms with Crippen molar-refractivity contribution in [1.29, 1.82) is 0 Å². The van der Waals surface area contributed by atoms with Gasteiger partial charge in [-0.3, -0.25) is 0 Å². The van der Waals surface area contributed by atoms with Gasteiger partial charge in [-0.15, -0.1) is 0 Å². The van der Waals surface area contributed by atoms with Crippen molar-refractivity contribution < 1.29 is 24.5 Å². The monoisotopic (exact) mass is 282 g/mol. The third-order valence-electron chi connectivity index (χ3n) is 3.24. The molecular weight excluding hydrogens is 263 g/mol. The number of halogens is 1. The number of phenolic OH excluding ortho intramolecular Hbond substituents is 1. The van der Waals surface area contributed by atoms with Crippen LogP contribution in [0, 0.1) is 11.2 Å². The number of allylic oxidation sites excluding steroid dienone is 1. The zero-order valence-corrected chi connectivity index (χ0v) is 11.5. The molecule has 0 aliphatic carbocycles. The Morgan fingerprint density at radius 1 is 1.45 bits per heavy atom. The molecule has 0 aromatic heterocycles. The molecule has 20 heavy (non-hydrogen) atoms. The maximum absolute atomic E-state index is 13.3. The van der Waals surface area contributed by atoms with Gasteiger partial charge >= 0.3 is 5.97 Å². The molecular formula is C15H19FO4. The molecule has 1 aromatic rings. The number of rotatable bonds is 6.